The van der Waals surface area contributed by atoms with E-state index in [0.717, 1.165) is 25.1 Å². The lowest BCUT2D eigenvalue weighted by Gasteiger charge is -2.33. The molecule has 0 radical (unpaired) electrons. The first-order chi connectivity index (χ1) is 11.1. The molecule has 1 aromatic rings. The molecule has 124 valence electrons. The molecule has 0 bridgehead atoms. The van der Waals surface area contributed by atoms with Crippen molar-refractivity contribution in [2.45, 2.75) is 38.6 Å². The van der Waals surface area contributed by atoms with Crippen LogP contribution in [0.2, 0.25) is 0 Å². The number of hydrogen-bond acceptors (Lipinski definition) is 3. The first-order valence-corrected chi connectivity index (χ1v) is 8.49. The number of imide groups is 1. The fourth-order valence-electron chi connectivity index (χ4n) is 3.73. The Morgan fingerprint density at radius 1 is 1.26 bits per heavy atom. The van der Waals surface area contributed by atoms with Gasteiger partial charge in [0.15, 0.2) is 0 Å². The Morgan fingerprint density at radius 2 is 2.00 bits per heavy atom. The highest BCUT2D eigenvalue weighted by Gasteiger charge is 2.51. The zero-order valence-electron chi connectivity index (χ0n) is 13.9. The van der Waals surface area contributed by atoms with E-state index in [1.807, 2.05) is 37.3 Å². The number of benzene rings is 1. The molecule has 2 aliphatic rings. The Kier molecular flexibility index (Phi) is 4.39. The van der Waals surface area contributed by atoms with Crippen molar-refractivity contribution < 1.29 is 9.59 Å². The highest BCUT2D eigenvalue weighted by molar-refractivity contribution is 6.07. The number of carbonyl (C=O) groups is 2. The van der Waals surface area contributed by atoms with Crippen LogP contribution >= 0.6 is 0 Å². The summed E-state index contributed by atoms with van der Waals surface area (Å²) < 4.78 is 0. The van der Waals surface area contributed by atoms with E-state index in [-0.39, 0.29) is 11.9 Å². The van der Waals surface area contributed by atoms with Crippen molar-refractivity contribution >= 4 is 11.9 Å². The molecule has 2 saturated heterocycles. The van der Waals surface area contributed by atoms with E-state index in [2.05, 4.69) is 17.1 Å². The maximum absolute atomic E-state index is 13.0. The van der Waals surface area contributed by atoms with Crippen LogP contribution in [0.1, 0.15) is 38.7 Å². The summed E-state index contributed by atoms with van der Waals surface area (Å²) in [5.74, 6) is 0.490. The lowest BCUT2D eigenvalue weighted by molar-refractivity contribution is -0.133. The van der Waals surface area contributed by atoms with Crippen LogP contribution in [0.3, 0.4) is 0 Å². The number of hydrogen-bond donors (Lipinski definition) is 1. The second-order valence-electron chi connectivity index (χ2n) is 6.75. The predicted octanol–water partition coefficient (Wildman–Crippen LogP) is 2.53. The molecule has 0 aliphatic carbocycles. The molecule has 0 spiro atoms. The summed E-state index contributed by atoms with van der Waals surface area (Å²) in [5, 5.41) is 2.94. The van der Waals surface area contributed by atoms with Gasteiger partial charge < -0.3 is 5.32 Å². The van der Waals surface area contributed by atoms with Crippen molar-refractivity contribution in [1.82, 2.24) is 15.1 Å². The number of likely N-dealkylation sites (tertiary alicyclic amines) is 1. The van der Waals surface area contributed by atoms with Gasteiger partial charge in [-0.15, -0.1) is 0 Å². The lowest BCUT2D eigenvalue weighted by Crippen LogP contribution is -2.47. The largest absolute Gasteiger partial charge is 0.326 e. The third-order valence-corrected chi connectivity index (χ3v) is 5.06. The number of nitrogens with zero attached hydrogens (tertiary/aromatic N) is 2. The van der Waals surface area contributed by atoms with E-state index in [4.69, 9.17) is 0 Å². The molecule has 23 heavy (non-hydrogen) atoms. The summed E-state index contributed by atoms with van der Waals surface area (Å²) in [6, 6.07) is 9.27. The van der Waals surface area contributed by atoms with E-state index in [0.29, 0.717) is 19.0 Å². The summed E-state index contributed by atoms with van der Waals surface area (Å²) in [5.41, 5.74) is -0.0601. The molecule has 2 atom stereocenters. The number of carbonyl (C=O) groups excluding carboxylic acids is 2. The zero-order chi connectivity index (χ0) is 16.4. The minimum absolute atomic E-state index is 0.130. The first-order valence-electron chi connectivity index (χ1n) is 8.49. The number of amides is 3. The molecule has 3 rings (SSSR count). The Balaban J connectivity index is 1.81. The maximum atomic E-state index is 13.0. The van der Waals surface area contributed by atoms with Gasteiger partial charge in [0, 0.05) is 6.54 Å². The second kappa shape index (κ2) is 6.32. The lowest BCUT2D eigenvalue weighted by atomic mass is 9.87. The van der Waals surface area contributed by atoms with Crippen LogP contribution < -0.4 is 5.32 Å². The third kappa shape index (κ3) is 2.85. The van der Waals surface area contributed by atoms with Crippen molar-refractivity contribution in [2.24, 2.45) is 5.92 Å². The topological polar surface area (TPSA) is 52.7 Å². The normalized spacial score (nSPS) is 29.0. The zero-order valence-corrected chi connectivity index (χ0v) is 13.9. The maximum Gasteiger partial charge on any atom is 0.326 e. The van der Waals surface area contributed by atoms with Crippen LogP contribution in [-0.2, 0) is 10.3 Å². The van der Waals surface area contributed by atoms with Gasteiger partial charge in [-0.1, -0.05) is 44.2 Å². The van der Waals surface area contributed by atoms with Gasteiger partial charge in [0.05, 0.1) is 6.67 Å². The molecule has 1 aromatic carbocycles. The van der Waals surface area contributed by atoms with Gasteiger partial charge in [-0.05, 0) is 37.3 Å². The Bertz CT molecular complexity index is 589. The third-order valence-electron chi connectivity index (χ3n) is 5.06. The van der Waals surface area contributed by atoms with Crippen LogP contribution in [0.15, 0.2) is 30.3 Å². The minimum atomic E-state index is -0.917. The molecule has 2 fully saturated rings. The highest BCUT2D eigenvalue weighted by Crippen LogP contribution is 2.32. The van der Waals surface area contributed by atoms with Gasteiger partial charge in [0.1, 0.15) is 5.54 Å². The number of rotatable bonds is 4. The van der Waals surface area contributed by atoms with Gasteiger partial charge >= 0.3 is 6.03 Å². The van der Waals surface area contributed by atoms with Crippen LogP contribution in [0.25, 0.3) is 0 Å². The number of piperidine rings is 1. The summed E-state index contributed by atoms with van der Waals surface area (Å²) >= 11 is 0. The average Bonchev–Trinajstić information content (AvgIpc) is 2.81. The molecular weight excluding hydrogens is 290 g/mol. The second-order valence-corrected chi connectivity index (χ2v) is 6.75. The predicted molar refractivity (Wildman–Crippen MR) is 88.6 cm³/mol. The standard InChI is InChI=1S/C18H25N3O2/c1-3-18(15-9-5-4-6-10-15)16(22)21(17(23)19-18)13-20-11-7-8-14(2)12-20/h4-6,9-10,14H,3,7-8,11-13H2,1-2H3,(H,19,23)/t14-,18+/m0/s1. The van der Waals surface area contributed by atoms with E-state index in [1.54, 1.807) is 0 Å². The Labute approximate surface area is 137 Å². The molecule has 5 nitrogen and oxygen atoms in total. The molecule has 2 aliphatic heterocycles. The van der Waals surface area contributed by atoms with Crippen molar-refractivity contribution in [3.05, 3.63) is 35.9 Å². The minimum Gasteiger partial charge on any atom is -0.319 e. The molecule has 5 heteroatoms. The van der Waals surface area contributed by atoms with E-state index < -0.39 is 5.54 Å². The summed E-state index contributed by atoms with van der Waals surface area (Å²) in [4.78, 5) is 29.1. The van der Waals surface area contributed by atoms with Crippen molar-refractivity contribution in [1.29, 1.82) is 0 Å². The molecule has 0 aromatic heterocycles. The SMILES string of the molecule is CC[C@]1(c2ccccc2)NC(=O)N(CN2CCC[C@H](C)C2)C1=O. The number of nitrogens with one attached hydrogen (secondary N) is 1. The molecule has 1 N–H and O–H groups in total. The number of urea groups is 1. The molecule has 0 unspecified atom stereocenters. The summed E-state index contributed by atoms with van der Waals surface area (Å²) in [6.45, 7) is 6.45. The van der Waals surface area contributed by atoms with Crippen molar-refractivity contribution in [3.8, 4) is 0 Å². The van der Waals surface area contributed by atoms with E-state index >= 15 is 0 Å². The van der Waals surface area contributed by atoms with Crippen molar-refractivity contribution in [2.75, 3.05) is 19.8 Å². The monoisotopic (exact) mass is 315 g/mol. The Morgan fingerprint density at radius 3 is 2.65 bits per heavy atom. The summed E-state index contributed by atoms with van der Waals surface area (Å²) in [7, 11) is 0. The fourth-order valence-corrected chi connectivity index (χ4v) is 3.73. The molecule has 3 amide bonds. The molecule has 2 heterocycles. The fraction of sp³-hybridized carbons (Fsp3) is 0.556. The van der Waals surface area contributed by atoms with Gasteiger partial charge in [-0.2, -0.15) is 0 Å². The average molecular weight is 315 g/mol. The van der Waals surface area contributed by atoms with Crippen LogP contribution in [0.4, 0.5) is 4.79 Å². The van der Waals surface area contributed by atoms with E-state index in [1.165, 1.54) is 11.3 Å². The quantitative estimate of drug-likeness (QED) is 0.869. The van der Waals surface area contributed by atoms with Crippen LogP contribution in [0, 0.1) is 5.92 Å². The summed E-state index contributed by atoms with van der Waals surface area (Å²) in [6.07, 6.45) is 2.90. The van der Waals surface area contributed by atoms with Gasteiger partial charge in [-0.3, -0.25) is 9.69 Å². The van der Waals surface area contributed by atoms with Gasteiger partial charge in [0.25, 0.3) is 5.91 Å². The highest BCUT2D eigenvalue weighted by atomic mass is 16.2. The van der Waals surface area contributed by atoms with Crippen LogP contribution in [-0.4, -0.2) is 41.5 Å². The molecule has 0 saturated carbocycles. The van der Waals surface area contributed by atoms with E-state index in [9.17, 15) is 9.59 Å². The van der Waals surface area contributed by atoms with Crippen LogP contribution in [0.5, 0.6) is 0 Å². The Hall–Kier alpha value is -1.88. The van der Waals surface area contributed by atoms with Gasteiger partial charge in [0.2, 0.25) is 0 Å². The van der Waals surface area contributed by atoms with Crippen molar-refractivity contribution in [3.63, 3.8) is 0 Å². The first kappa shape index (κ1) is 16.0. The molecular formula is C18H25N3O2. The van der Waals surface area contributed by atoms with Gasteiger partial charge in [-0.25, -0.2) is 9.69 Å². The smallest absolute Gasteiger partial charge is 0.319 e.